The van der Waals surface area contributed by atoms with E-state index >= 15 is 0 Å². The fraction of sp³-hybridized carbons (Fsp3) is 0.529. The van der Waals surface area contributed by atoms with Crippen LogP contribution in [0.5, 0.6) is 0 Å². The first-order valence-corrected chi connectivity index (χ1v) is 7.70. The topological polar surface area (TPSA) is 68.1 Å². The van der Waals surface area contributed by atoms with Crippen molar-refractivity contribution in [1.29, 1.82) is 0 Å². The number of aliphatic carboxylic acids is 1. The van der Waals surface area contributed by atoms with Crippen molar-refractivity contribution in [2.75, 3.05) is 13.2 Å². The van der Waals surface area contributed by atoms with Crippen LogP contribution in [0.25, 0.3) is 0 Å². The second-order valence-electron chi connectivity index (χ2n) is 6.24. The van der Waals surface area contributed by atoms with Crippen LogP contribution in [0.3, 0.4) is 0 Å². The lowest BCUT2D eigenvalue weighted by atomic mass is 9.75. The molecule has 0 aliphatic carbocycles. The van der Waals surface area contributed by atoms with Crippen LogP contribution in [0, 0.1) is 12.3 Å². The van der Waals surface area contributed by atoms with Gasteiger partial charge < -0.3 is 14.7 Å². The molecule has 2 aliphatic rings. The van der Waals surface area contributed by atoms with Gasteiger partial charge in [-0.2, -0.15) is 0 Å². The van der Waals surface area contributed by atoms with Crippen molar-refractivity contribution in [3.05, 3.63) is 35.4 Å². The van der Waals surface area contributed by atoms with Crippen molar-refractivity contribution in [2.24, 2.45) is 10.6 Å². The van der Waals surface area contributed by atoms with Gasteiger partial charge in [-0.15, -0.1) is 0 Å². The highest BCUT2D eigenvalue weighted by Gasteiger charge is 2.43. The van der Waals surface area contributed by atoms with Crippen LogP contribution in [0.4, 0.5) is 0 Å². The molecular formula is C17H21NO4. The number of carboxylic acid groups (broad SMARTS) is 1. The third kappa shape index (κ3) is 2.99. The Labute approximate surface area is 129 Å². The van der Waals surface area contributed by atoms with E-state index < -0.39 is 11.4 Å². The highest BCUT2D eigenvalue weighted by atomic mass is 16.6. The van der Waals surface area contributed by atoms with Gasteiger partial charge in [0.05, 0.1) is 11.1 Å². The molecule has 22 heavy (non-hydrogen) atoms. The zero-order chi connectivity index (χ0) is 15.6. The Hall–Kier alpha value is -1.88. The number of carbonyl (C=O) groups is 1. The van der Waals surface area contributed by atoms with E-state index in [4.69, 9.17) is 9.57 Å². The zero-order valence-electron chi connectivity index (χ0n) is 12.7. The summed E-state index contributed by atoms with van der Waals surface area (Å²) in [6.07, 6.45) is 2.08. The summed E-state index contributed by atoms with van der Waals surface area (Å²) in [5.41, 5.74) is 2.41. The van der Waals surface area contributed by atoms with E-state index in [1.807, 2.05) is 31.2 Å². The van der Waals surface area contributed by atoms with Crippen LogP contribution in [0.1, 0.15) is 36.8 Å². The molecule has 0 bridgehead atoms. The average Bonchev–Trinajstić information content (AvgIpc) is 2.97. The molecule has 1 saturated heterocycles. The molecule has 3 rings (SSSR count). The van der Waals surface area contributed by atoms with Crippen molar-refractivity contribution in [1.82, 2.24) is 0 Å². The second kappa shape index (κ2) is 6.08. The number of carboxylic acids is 1. The smallest absolute Gasteiger partial charge is 0.309 e. The van der Waals surface area contributed by atoms with Gasteiger partial charge in [-0.3, -0.25) is 4.79 Å². The molecule has 5 nitrogen and oxygen atoms in total. The van der Waals surface area contributed by atoms with Crippen molar-refractivity contribution in [2.45, 2.75) is 38.7 Å². The van der Waals surface area contributed by atoms with Gasteiger partial charge in [0.2, 0.25) is 0 Å². The molecule has 1 N–H and O–H groups in total. The number of ether oxygens (including phenoxy) is 1. The SMILES string of the molecule is Cc1ccc(C2=NOC(CC3(C(=O)O)CCOCC3)C2)cc1. The van der Waals surface area contributed by atoms with E-state index in [2.05, 4.69) is 5.16 Å². The molecule has 1 fully saturated rings. The molecule has 0 spiro atoms. The lowest BCUT2D eigenvalue weighted by molar-refractivity contribution is -0.158. The van der Waals surface area contributed by atoms with Gasteiger partial charge in [0.25, 0.3) is 0 Å². The predicted octanol–water partition coefficient (Wildman–Crippen LogP) is 2.76. The first-order valence-electron chi connectivity index (χ1n) is 7.70. The molecule has 118 valence electrons. The number of oxime groups is 1. The summed E-state index contributed by atoms with van der Waals surface area (Å²) in [7, 11) is 0. The van der Waals surface area contributed by atoms with Crippen LogP contribution < -0.4 is 0 Å². The van der Waals surface area contributed by atoms with Gasteiger partial charge in [0.1, 0.15) is 6.10 Å². The molecule has 1 atom stereocenters. The minimum Gasteiger partial charge on any atom is -0.481 e. The van der Waals surface area contributed by atoms with Crippen LogP contribution >= 0.6 is 0 Å². The van der Waals surface area contributed by atoms with Crippen LogP contribution in [0.2, 0.25) is 0 Å². The van der Waals surface area contributed by atoms with E-state index in [9.17, 15) is 9.90 Å². The molecule has 1 aromatic carbocycles. The Morgan fingerprint density at radius 1 is 1.32 bits per heavy atom. The standard InChI is InChI=1S/C17H21NO4/c1-12-2-4-13(5-3-12)15-10-14(22-18-15)11-17(16(19)20)6-8-21-9-7-17/h2-5,14H,6-11H2,1H3,(H,19,20). The zero-order valence-corrected chi connectivity index (χ0v) is 12.7. The maximum absolute atomic E-state index is 11.7. The second-order valence-corrected chi connectivity index (χ2v) is 6.24. The fourth-order valence-electron chi connectivity index (χ4n) is 3.16. The maximum atomic E-state index is 11.7. The number of benzene rings is 1. The largest absolute Gasteiger partial charge is 0.481 e. The molecule has 0 amide bonds. The summed E-state index contributed by atoms with van der Waals surface area (Å²) in [4.78, 5) is 17.2. The minimum absolute atomic E-state index is 0.162. The van der Waals surface area contributed by atoms with E-state index in [-0.39, 0.29) is 6.10 Å². The van der Waals surface area contributed by atoms with Crippen molar-refractivity contribution >= 4 is 11.7 Å². The highest BCUT2D eigenvalue weighted by Crippen LogP contribution is 2.38. The predicted molar refractivity (Wildman–Crippen MR) is 81.9 cm³/mol. The van der Waals surface area contributed by atoms with Gasteiger partial charge in [-0.1, -0.05) is 35.0 Å². The van der Waals surface area contributed by atoms with Crippen LogP contribution in [-0.2, 0) is 14.4 Å². The lowest BCUT2D eigenvalue weighted by Crippen LogP contribution is -2.40. The van der Waals surface area contributed by atoms with Gasteiger partial charge in [-0.05, 0) is 25.3 Å². The van der Waals surface area contributed by atoms with Crippen LogP contribution in [0.15, 0.2) is 29.4 Å². The Balaban J connectivity index is 1.66. The Bertz CT molecular complexity index is 573. The normalized spacial score (nSPS) is 23.7. The molecule has 0 radical (unpaired) electrons. The maximum Gasteiger partial charge on any atom is 0.309 e. The van der Waals surface area contributed by atoms with Gasteiger partial charge in [0, 0.05) is 26.1 Å². The van der Waals surface area contributed by atoms with Crippen LogP contribution in [-0.4, -0.2) is 36.1 Å². The third-order valence-corrected chi connectivity index (χ3v) is 4.64. The molecule has 2 aliphatic heterocycles. The number of rotatable bonds is 4. The van der Waals surface area contributed by atoms with E-state index in [0.717, 1.165) is 11.3 Å². The quantitative estimate of drug-likeness (QED) is 0.928. The van der Waals surface area contributed by atoms with Gasteiger partial charge >= 0.3 is 5.97 Å². The van der Waals surface area contributed by atoms with Crippen molar-refractivity contribution in [3.63, 3.8) is 0 Å². The number of hydrogen-bond acceptors (Lipinski definition) is 4. The Morgan fingerprint density at radius 3 is 2.64 bits per heavy atom. The molecule has 5 heteroatoms. The van der Waals surface area contributed by atoms with Crippen molar-refractivity contribution < 1.29 is 19.5 Å². The molecular weight excluding hydrogens is 282 g/mol. The van der Waals surface area contributed by atoms with Gasteiger partial charge in [-0.25, -0.2) is 0 Å². The first kappa shape index (κ1) is 15.0. The van der Waals surface area contributed by atoms with E-state index in [1.165, 1.54) is 5.56 Å². The molecule has 0 aromatic heterocycles. The summed E-state index contributed by atoms with van der Waals surface area (Å²) in [6.45, 7) is 3.05. The molecule has 0 saturated carbocycles. The summed E-state index contributed by atoms with van der Waals surface area (Å²) in [5, 5.41) is 13.8. The van der Waals surface area contributed by atoms with E-state index in [1.54, 1.807) is 0 Å². The number of hydrogen-bond donors (Lipinski definition) is 1. The fourth-order valence-corrected chi connectivity index (χ4v) is 3.16. The summed E-state index contributed by atoms with van der Waals surface area (Å²) >= 11 is 0. The average molecular weight is 303 g/mol. The summed E-state index contributed by atoms with van der Waals surface area (Å²) in [5.74, 6) is -0.747. The number of aryl methyl sites for hydroxylation is 1. The summed E-state index contributed by atoms with van der Waals surface area (Å²) < 4.78 is 5.31. The third-order valence-electron chi connectivity index (χ3n) is 4.64. The molecule has 1 aromatic rings. The Morgan fingerprint density at radius 2 is 2.00 bits per heavy atom. The molecule has 1 unspecified atom stereocenters. The Kier molecular flexibility index (Phi) is 4.16. The van der Waals surface area contributed by atoms with Crippen molar-refractivity contribution in [3.8, 4) is 0 Å². The van der Waals surface area contributed by atoms with E-state index in [0.29, 0.717) is 38.9 Å². The lowest BCUT2D eigenvalue weighted by Gasteiger charge is -2.34. The minimum atomic E-state index is -0.747. The monoisotopic (exact) mass is 303 g/mol. The summed E-state index contributed by atoms with van der Waals surface area (Å²) in [6, 6.07) is 8.15. The van der Waals surface area contributed by atoms with Gasteiger partial charge in [0.15, 0.2) is 0 Å². The molecule has 2 heterocycles. The number of nitrogens with zero attached hydrogens (tertiary/aromatic N) is 1. The first-order chi connectivity index (χ1) is 10.6. The highest BCUT2D eigenvalue weighted by molar-refractivity contribution is 6.01.